The highest BCUT2D eigenvalue weighted by molar-refractivity contribution is 6.03. The first-order valence-electron chi connectivity index (χ1n) is 21.9. The maximum Gasteiger partial charge on any atom is 0.314 e. The number of hydrogen-bond acceptors (Lipinski definition) is 10. The van der Waals surface area contributed by atoms with E-state index >= 15 is 0 Å². The van der Waals surface area contributed by atoms with Gasteiger partial charge in [0.1, 0.15) is 19.0 Å². The molecule has 4 bridgehead atoms. The van der Waals surface area contributed by atoms with Crippen LogP contribution in [-0.4, -0.2) is 38.3 Å². The van der Waals surface area contributed by atoms with Gasteiger partial charge in [-0.05, 0) is 132 Å². The molecule has 0 radical (unpaired) electrons. The van der Waals surface area contributed by atoms with Crippen molar-refractivity contribution in [2.24, 2.45) is 16.7 Å². The fraction of sp³-hybridized carbons (Fsp3) is 0.353. The van der Waals surface area contributed by atoms with Crippen molar-refractivity contribution in [1.29, 1.82) is 0 Å². The van der Waals surface area contributed by atoms with Gasteiger partial charge in [0.15, 0.2) is 0 Å². The number of carbonyl (C=O) groups is 3. The van der Waals surface area contributed by atoms with Gasteiger partial charge in [0.2, 0.25) is 0 Å². The van der Waals surface area contributed by atoms with Gasteiger partial charge in [-0.15, -0.1) is 0 Å². The van der Waals surface area contributed by atoms with Gasteiger partial charge in [0.05, 0.1) is 33.2 Å². The van der Waals surface area contributed by atoms with E-state index in [1.54, 1.807) is 24.3 Å². The molecule has 63 heavy (non-hydrogen) atoms. The Morgan fingerprint density at radius 3 is 1.94 bits per heavy atom. The molecular formula is C51H52N2O10. The highest BCUT2D eigenvalue weighted by Gasteiger charge is 2.66. The van der Waals surface area contributed by atoms with Crippen LogP contribution in [-0.2, 0) is 37.1 Å². The average Bonchev–Trinajstić information content (AvgIpc) is 3.81. The number of esters is 2. The summed E-state index contributed by atoms with van der Waals surface area (Å²) in [6.45, 7) is 12.4. The fourth-order valence-electron chi connectivity index (χ4n) is 11.9. The number of rotatable bonds is 8. The summed E-state index contributed by atoms with van der Waals surface area (Å²) in [4.78, 5) is 60.5. The lowest BCUT2D eigenvalue weighted by Gasteiger charge is -2.46. The van der Waals surface area contributed by atoms with Crippen molar-refractivity contribution >= 4 is 34.7 Å². The Morgan fingerprint density at radius 2 is 1.37 bits per heavy atom. The molecule has 0 aliphatic heterocycles. The topological polar surface area (TPSA) is 176 Å². The molecule has 0 amide bonds. The van der Waals surface area contributed by atoms with Gasteiger partial charge in [-0.2, -0.15) is 0 Å². The van der Waals surface area contributed by atoms with E-state index in [0.717, 1.165) is 51.0 Å². The Labute approximate surface area is 368 Å². The summed E-state index contributed by atoms with van der Waals surface area (Å²) in [5, 5.41) is 32.8. The molecule has 1 N–H and O–H groups in total. The van der Waals surface area contributed by atoms with Crippen LogP contribution in [0.5, 0.6) is 0 Å². The fourth-order valence-corrected chi connectivity index (χ4v) is 11.9. The molecule has 0 aromatic heterocycles. The monoisotopic (exact) mass is 854 g/mol. The van der Waals surface area contributed by atoms with Gasteiger partial charge in [-0.1, -0.05) is 68.6 Å². The molecule has 12 heteroatoms. The van der Waals surface area contributed by atoms with E-state index in [4.69, 9.17) is 12.4 Å². The number of benzene rings is 4. The molecule has 11 rings (SSSR count). The van der Waals surface area contributed by atoms with Gasteiger partial charge < -0.3 is 14.6 Å². The minimum Gasteiger partial charge on any atom is -0.460 e. The van der Waals surface area contributed by atoms with E-state index in [1.165, 1.54) is 29.8 Å². The predicted octanol–water partition coefficient (Wildman–Crippen LogP) is 10.2. The third-order valence-electron chi connectivity index (χ3n) is 14.6. The van der Waals surface area contributed by atoms with Crippen molar-refractivity contribution in [3.8, 4) is 0 Å². The zero-order valence-corrected chi connectivity index (χ0v) is 34.6. The molecule has 7 aliphatic rings. The number of hydrogen-bond donors (Lipinski definition) is 1. The standard InChI is InChI=1S/C25H21NO5.C25H25NO5.CH4.H2/c1-14-4-3-5-18-20-10-19-15(2)11-25(20,12-21(19)27)23(22(14)18)24(28)31-13-16-6-8-17(9-7-16)26(29)30;1-15-4-3-5-19-20-10-11-25(28)14-24(20,12-16(25)2)22(21(15)19)23(27)31-13-17-6-8-18(9-7-17)26(29)30;;/h3-10,19,23H,2,11-13H2,1H3;3-9,20,22,28H,2,10-14H2,1H3;1H4;1H/t19-,23+,25-;20-,22+,24-,25-;;/m00../s1/i;;;1+1D. The SMILES string of the molecule is C.C=C1C[C@]23CC(=O)[C@H]1C=C2c1cccc(C)c1[C@@H]3C(=O)OCc1ccc([N+](=O)[O-])cc1.C=C1C[C@]23C[C@@]1(O)CC[C@H]2c1cccc(C)c1[C@@H]3C(=O)OCc1ccc([N+](=O)[O-])cc1.[2H][2H]. The Morgan fingerprint density at radius 1 is 0.810 bits per heavy atom. The van der Waals surface area contributed by atoms with Crippen LogP contribution in [0.15, 0.2) is 115 Å². The zero-order valence-electron chi connectivity index (χ0n) is 36.6. The summed E-state index contributed by atoms with van der Waals surface area (Å²) >= 11 is 0. The van der Waals surface area contributed by atoms with Crippen LogP contribution in [0.2, 0.25) is 0 Å². The molecule has 0 heterocycles. The van der Waals surface area contributed by atoms with Crippen LogP contribution >= 0.6 is 0 Å². The molecule has 4 aromatic rings. The molecule has 12 nitrogen and oxygen atoms in total. The molecule has 4 aromatic carbocycles. The second kappa shape index (κ2) is 15.7. The van der Waals surface area contributed by atoms with Gasteiger partial charge in [0, 0.05) is 44.5 Å². The van der Waals surface area contributed by atoms with Crippen molar-refractivity contribution in [3.05, 3.63) is 180 Å². The first-order chi connectivity index (χ1) is 30.6. The quantitative estimate of drug-likeness (QED) is 0.0777. The summed E-state index contributed by atoms with van der Waals surface area (Å²) in [6, 6.07) is 24.1. The Hall–Kier alpha value is -6.53. The second-order valence-corrected chi connectivity index (χ2v) is 18.0. The van der Waals surface area contributed by atoms with Crippen molar-refractivity contribution < 1.29 is 41.8 Å². The molecule has 0 unspecified atom stereocenters. The molecule has 3 fully saturated rings. The third kappa shape index (κ3) is 6.82. The summed E-state index contributed by atoms with van der Waals surface area (Å²) in [7, 11) is 0. The van der Waals surface area contributed by atoms with Crippen LogP contribution < -0.4 is 0 Å². The number of fused-ring (bicyclic) bond motifs is 6. The number of Topliss-reactive ketones (excluding diaryl/α,β-unsaturated/α-hetero) is 1. The van der Waals surface area contributed by atoms with Gasteiger partial charge in [-0.3, -0.25) is 34.6 Å². The lowest BCUT2D eigenvalue weighted by atomic mass is 9.56. The molecular weight excluding hydrogens is 801 g/mol. The summed E-state index contributed by atoms with van der Waals surface area (Å²) < 4.78 is 21.5. The highest BCUT2D eigenvalue weighted by Crippen LogP contribution is 2.72. The molecule has 7 aliphatic carbocycles. The Balaban J connectivity index is 0.000000184. The first kappa shape index (κ1) is 41.8. The Bertz CT molecular complexity index is 2660. The van der Waals surface area contributed by atoms with Crippen LogP contribution in [0.25, 0.3) is 5.57 Å². The van der Waals surface area contributed by atoms with E-state index in [9.17, 15) is 39.7 Å². The minimum atomic E-state index is -0.899. The molecule has 7 atom stereocenters. The van der Waals surface area contributed by atoms with E-state index in [1.807, 2.05) is 50.3 Å². The smallest absolute Gasteiger partial charge is 0.314 e. The summed E-state index contributed by atoms with van der Waals surface area (Å²) in [5.74, 6) is -1.64. The van der Waals surface area contributed by atoms with E-state index in [2.05, 4.69) is 19.2 Å². The molecule has 3 saturated carbocycles. The highest BCUT2D eigenvalue weighted by atomic mass is 16.6. The summed E-state index contributed by atoms with van der Waals surface area (Å²) in [6.07, 6.45) is 5.58. The number of nitrogens with zero attached hydrogens (tertiary/aromatic N) is 2. The van der Waals surface area contributed by atoms with Crippen molar-refractivity contribution in [1.82, 2.24) is 0 Å². The number of ketones is 1. The zero-order chi connectivity index (χ0) is 45.9. The predicted molar refractivity (Wildman–Crippen MR) is 237 cm³/mol. The van der Waals surface area contributed by atoms with Gasteiger partial charge >= 0.3 is 11.9 Å². The number of aliphatic hydroxyl groups is 1. The molecule has 0 saturated heterocycles. The first-order valence-corrected chi connectivity index (χ1v) is 20.9. The number of nitro benzene ring substituents is 2. The van der Waals surface area contributed by atoms with E-state index < -0.39 is 38.1 Å². The van der Waals surface area contributed by atoms with Crippen molar-refractivity contribution in [2.45, 2.75) is 96.4 Å². The van der Waals surface area contributed by atoms with E-state index in [0.29, 0.717) is 43.2 Å². The average molecular weight is 855 g/mol. The van der Waals surface area contributed by atoms with Crippen molar-refractivity contribution in [2.75, 3.05) is 0 Å². The maximum atomic E-state index is 13.5. The number of non-ortho nitro benzene ring substituents is 2. The van der Waals surface area contributed by atoms with Crippen molar-refractivity contribution in [3.63, 3.8) is 0 Å². The lowest BCUT2D eigenvalue weighted by molar-refractivity contribution is -0.385. The largest absolute Gasteiger partial charge is 0.460 e. The van der Waals surface area contributed by atoms with Crippen LogP contribution in [0, 0.1) is 50.8 Å². The molecule has 2 spiro atoms. The van der Waals surface area contributed by atoms with Crippen LogP contribution in [0.3, 0.4) is 0 Å². The number of nitro groups is 2. The van der Waals surface area contributed by atoms with E-state index in [-0.39, 0.29) is 61.6 Å². The third-order valence-corrected chi connectivity index (χ3v) is 14.6. The molecule has 326 valence electrons. The van der Waals surface area contributed by atoms with Gasteiger partial charge in [-0.25, -0.2) is 0 Å². The normalized spacial score (nSPS) is 27.8. The maximum absolute atomic E-state index is 13.5. The summed E-state index contributed by atoms with van der Waals surface area (Å²) in [5.41, 5.74) is 8.46. The number of carbonyl (C=O) groups excluding carboxylic acids is 3. The second-order valence-electron chi connectivity index (χ2n) is 18.0. The van der Waals surface area contributed by atoms with Crippen LogP contribution in [0.4, 0.5) is 11.4 Å². The van der Waals surface area contributed by atoms with Crippen LogP contribution in [0.1, 0.15) is 111 Å². The number of allylic oxidation sites excluding steroid dienone is 3. The number of aryl methyl sites for hydroxylation is 2. The number of ether oxygens (including phenoxy) is 2. The lowest BCUT2D eigenvalue weighted by Crippen LogP contribution is -2.44. The Kier molecular flexibility index (Phi) is 10.4. The van der Waals surface area contributed by atoms with Gasteiger partial charge in [0.25, 0.3) is 11.4 Å². The minimum absolute atomic E-state index is 0.